The number of nitrogens with zero attached hydrogens (tertiary/aromatic N) is 2. The van der Waals surface area contributed by atoms with Gasteiger partial charge in [0.05, 0.1) is 7.11 Å². The molecule has 0 unspecified atom stereocenters. The average molecular weight is 278 g/mol. The number of fused-ring (bicyclic) bond motifs is 1. The van der Waals surface area contributed by atoms with Crippen LogP contribution in [0, 0.1) is 0 Å². The highest BCUT2D eigenvalue weighted by molar-refractivity contribution is 6.17. The van der Waals surface area contributed by atoms with Gasteiger partial charge >= 0.3 is 0 Å². The van der Waals surface area contributed by atoms with E-state index in [2.05, 4.69) is 10.1 Å². The Morgan fingerprint density at radius 2 is 1.81 bits per heavy atom. The maximum atomic E-state index is 9.44. The van der Waals surface area contributed by atoms with Crippen molar-refractivity contribution in [2.45, 2.75) is 0 Å². The van der Waals surface area contributed by atoms with Gasteiger partial charge in [-0.25, -0.2) is 0 Å². The second-order valence-corrected chi connectivity index (χ2v) is 4.56. The van der Waals surface area contributed by atoms with E-state index in [0.29, 0.717) is 11.4 Å². The monoisotopic (exact) mass is 278 g/mol. The second-order valence-electron chi connectivity index (χ2n) is 4.56. The lowest BCUT2D eigenvalue weighted by Gasteiger charge is -2.08. The third-order valence-corrected chi connectivity index (χ3v) is 3.36. The first-order valence-electron chi connectivity index (χ1n) is 6.54. The Labute approximate surface area is 122 Å². The van der Waals surface area contributed by atoms with E-state index in [-0.39, 0.29) is 0 Å². The van der Waals surface area contributed by atoms with Gasteiger partial charge in [-0.05, 0) is 35.7 Å². The zero-order valence-corrected chi connectivity index (χ0v) is 11.5. The second kappa shape index (κ2) is 5.63. The number of hydrogen-bond acceptors (Lipinski definition) is 4. The molecule has 2 aromatic carbocycles. The maximum Gasteiger partial charge on any atom is 0.136 e. The van der Waals surface area contributed by atoms with Crippen molar-refractivity contribution in [1.29, 1.82) is 0 Å². The zero-order valence-electron chi connectivity index (χ0n) is 11.5. The lowest BCUT2D eigenvalue weighted by molar-refractivity contribution is 0.319. The SMILES string of the molecule is COc1ccc(C(=NO)c2nccc3ccccc23)cc1. The fourth-order valence-corrected chi connectivity index (χ4v) is 2.30. The van der Waals surface area contributed by atoms with Crippen LogP contribution in [0.25, 0.3) is 10.8 Å². The molecule has 0 aliphatic heterocycles. The topological polar surface area (TPSA) is 54.7 Å². The summed E-state index contributed by atoms with van der Waals surface area (Å²) < 4.78 is 5.14. The molecular formula is C17H14N2O2. The van der Waals surface area contributed by atoms with Gasteiger partial charge in [-0.2, -0.15) is 0 Å². The standard InChI is InChI=1S/C17H14N2O2/c1-21-14-8-6-13(7-9-14)16(19-20)17-15-5-3-2-4-12(15)10-11-18-17/h2-11,20H,1H3. The molecule has 21 heavy (non-hydrogen) atoms. The van der Waals surface area contributed by atoms with Crippen LogP contribution in [0.3, 0.4) is 0 Å². The number of pyridine rings is 1. The highest BCUT2D eigenvalue weighted by atomic mass is 16.5. The molecule has 0 aliphatic rings. The molecule has 3 rings (SSSR count). The molecular weight excluding hydrogens is 264 g/mol. The van der Waals surface area contributed by atoms with Gasteiger partial charge in [0.2, 0.25) is 0 Å². The van der Waals surface area contributed by atoms with Gasteiger partial charge in [-0.15, -0.1) is 0 Å². The van der Waals surface area contributed by atoms with E-state index >= 15 is 0 Å². The van der Waals surface area contributed by atoms with E-state index in [1.807, 2.05) is 54.6 Å². The van der Waals surface area contributed by atoms with E-state index in [9.17, 15) is 5.21 Å². The minimum absolute atomic E-state index is 0.439. The minimum Gasteiger partial charge on any atom is -0.497 e. The van der Waals surface area contributed by atoms with Gasteiger partial charge in [-0.1, -0.05) is 29.4 Å². The van der Waals surface area contributed by atoms with Crippen molar-refractivity contribution in [3.63, 3.8) is 0 Å². The van der Waals surface area contributed by atoms with Gasteiger partial charge in [0.25, 0.3) is 0 Å². The summed E-state index contributed by atoms with van der Waals surface area (Å²) in [7, 11) is 1.61. The highest BCUT2D eigenvalue weighted by Gasteiger charge is 2.12. The highest BCUT2D eigenvalue weighted by Crippen LogP contribution is 2.21. The summed E-state index contributed by atoms with van der Waals surface area (Å²) in [6.07, 6.45) is 1.71. The molecule has 0 fully saturated rings. The van der Waals surface area contributed by atoms with Crippen LogP contribution in [0.1, 0.15) is 11.3 Å². The van der Waals surface area contributed by atoms with E-state index in [1.165, 1.54) is 0 Å². The van der Waals surface area contributed by atoms with Crippen LogP contribution >= 0.6 is 0 Å². The van der Waals surface area contributed by atoms with Gasteiger partial charge in [-0.3, -0.25) is 4.98 Å². The van der Waals surface area contributed by atoms with Gasteiger partial charge in [0.1, 0.15) is 17.2 Å². The Bertz CT molecular complexity index is 790. The summed E-state index contributed by atoms with van der Waals surface area (Å²) in [5.41, 5.74) is 1.87. The number of rotatable bonds is 3. The molecule has 0 atom stereocenters. The van der Waals surface area contributed by atoms with Crippen molar-refractivity contribution < 1.29 is 9.94 Å². The number of ether oxygens (including phenoxy) is 1. The van der Waals surface area contributed by atoms with Crippen molar-refractivity contribution in [2.24, 2.45) is 5.16 Å². The summed E-state index contributed by atoms with van der Waals surface area (Å²) >= 11 is 0. The molecule has 4 heteroatoms. The Kier molecular flexibility index (Phi) is 3.51. The molecule has 0 spiro atoms. The summed E-state index contributed by atoms with van der Waals surface area (Å²) in [6, 6.07) is 17.1. The van der Waals surface area contributed by atoms with Crippen LogP contribution in [0.2, 0.25) is 0 Å². The van der Waals surface area contributed by atoms with E-state index in [1.54, 1.807) is 13.3 Å². The minimum atomic E-state index is 0.439. The number of benzene rings is 2. The molecule has 4 nitrogen and oxygen atoms in total. The fourth-order valence-electron chi connectivity index (χ4n) is 2.30. The summed E-state index contributed by atoms with van der Waals surface area (Å²) in [6.45, 7) is 0. The number of hydrogen-bond donors (Lipinski definition) is 1. The Hall–Kier alpha value is -2.88. The van der Waals surface area contributed by atoms with E-state index in [0.717, 1.165) is 22.1 Å². The molecule has 1 aromatic heterocycles. The van der Waals surface area contributed by atoms with E-state index < -0.39 is 0 Å². The molecule has 1 N–H and O–H groups in total. The predicted molar refractivity (Wildman–Crippen MR) is 82.2 cm³/mol. The number of oxime groups is 1. The Morgan fingerprint density at radius 3 is 2.52 bits per heavy atom. The molecule has 0 amide bonds. The predicted octanol–water partition coefficient (Wildman–Crippen LogP) is 3.47. The molecule has 0 radical (unpaired) electrons. The Morgan fingerprint density at radius 1 is 1.05 bits per heavy atom. The van der Waals surface area contributed by atoms with Crippen molar-refractivity contribution >= 4 is 16.5 Å². The summed E-state index contributed by atoms with van der Waals surface area (Å²) in [5, 5.41) is 14.9. The largest absolute Gasteiger partial charge is 0.497 e. The normalized spacial score (nSPS) is 11.6. The number of methoxy groups -OCH3 is 1. The lowest BCUT2D eigenvalue weighted by Crippen LogP contribution is -2.06. The van der Waals surface area contributed by atoms with Crippen LogP contribution in [0.5, 0.6) is 5.75 Å². The smallest absolute Gasteiger partial charge is 0.136 e. The van der Waals surface area contributed by atoms with Crippen LogP contribution in [0.15, 0.2) is 65.9 Å². The van der Waals surface area contributed by atoms with Crippen LogP contribution < -0.4 is 4.74 Å². The summed E-state index contributed by atoms with van der Waals surface area (Å²) in [5.74, 6) is 0.752. The fraction of sp³-hybridized carbons (Fsp3) is 0.0588. The molecule has 1 heterocycles. The quantitative estimate of drug-likeness (QED) is 0.453. The summed E-state index contributed by atoms with van der Waals surface area (Å²) in [4.78, 5) is 4.37. The average Bonchev–Trinajstić information content (AvgIpc) is 2.56. The molecule has 104 valence electrons. The third kappa shape index (κ3) is 2.43. The first kappa shape index (κ1) is 13.1. The van der Waals surface area contributed by atoms with Crippen molar-refractivity contribution in [3.05, 3.63) is 72.1 Å². The van der Waals surface area contributed by atoms with Crippen LogP contribution in [0.4, 0.5) is 0 Å². The zero-order chi connectivity index (χ0) is 14.7. The van der Waals surface area contributed by atoms with Crippen LogP contribution in [-0.4, -0.2) is 23.0 Å². The maximum absolute atomic E-state index is 9.44. The van der Waals surface area contributed by atoms with Gasteiger partial charge in [0, 0.05) is 17.1 Å². The molecule has 0 aliphatic carbocycles. The third-order valence-electron chi connectivity index (χ3n) is 3.36. The van der Waals surface area contributed by atoms with Crippen molar-refractivity contribution in [1.82, 2.24) is 4.98 Å². The lowest BCUT2D eigenvalue weighted by atomic mass is 10.0. The first-order valence-corrected chi connectivity index (χ1v) is 6.54. The van der Waals surface area contributed by atoms with Crippen molar-refractivity contribution in [2.75, 3.05) is 7.11 Å². The number of aromatic nitrogens is 1. The first-order chi connectivity index (χ1) is 10.3. The van der Waals surface area contributed by atoms with Gasteiger partial charge in [0.15, 0.2) is 0 Å². The van der Waals surface area contributed by atoms with Crippen LogP contribution in [-0.2, 0) is 0 Å². The molecule has 0 saturated carbocycles. The molecule has 3 aromatic rings. The van der Waals surface area contributed by atoms with Gasteiger partial charge < -0.3 is 9.94 Å². The van der Waals surface area contributed by atoms with E-state index in [4.69, 9.17) is 4.74 Å². The molecule has 0 saturated heterocycles. The molecule has 0 bridgehead atoms. The Balaban J connectivity index is 2.14. The van der Waals surface area contributed by atoms with Crippen molar-refractivity contribution in [3.8, 4) is 5.75 Å².